The molecule has 5 heteroatoms. The van der Waals surface area contributed by atoms with E-state index < -0.39 is 11.9 Å². The van der Waals surface area contributed by atoms with Gasteiger partial charge in [0.2, 0.25) is 0 Å². The zero-order valence-corrected chi connectivity index (χ0v) is 13.7. The van der Waals surface area contributed by atoms with Crippen LogP contribution in [0, 0.1) is 0 Å². The normalized spacial score (nSPS) is 9.81. The first kappa shape index (κ1) is 22.2. The van der Waals surface area contributed by atoms with E-state index in [1.165, 1.54) is 57.8 Å². The van der Waals surface area contributed by atoms with Gasteiger partial charge in [-0.2, -0.15) is 0 Å². The third-order valence-electron chi connectivity index (χ3n) is 2.98. The van der Waals surface area contributed by atoms with Gasteiger partial charge >= 0.3 is 5.97 Å². The van der Waals surface area contributed by atoms with E-state index in [1.807, 2.05) is 0 Å². The molecule has 0 aliphatic carbocycles. The minimum absolute atomic E-state index is 0.0947. The maximum absolute atomic E-state index is 10.2. The van der Waals surface area contributed by atoms with Crippen LogP contribution >= 0.6 is 0 Å². The molecular weight excluding hydrogens is 270 g/mol. The van der Waals surface area contributed by atoms with Crippen LogP contribution in [0.5, 0.6) is 0 Å². The lowest BCUT2D eigenvalue weighted by Gasteiger charge is -2.03. The summed E-state index contributed by atoms with van der Waals surface area (Å²) in [7, 11) is 0. The molecule has 21 heavy (non-hydrogen) atoms. The molecule has 0 bridgehead atoms. The van der Waals surface area contributed by atoms with E-state index in [1.54, 1.807) is 0 Å². The molecule has 0 fully saturated rings. The Hall–Kier alpha value is -1.10. The van der Waals surface area contributed by atoms with Gasteiger partial charge in [0.05, 0.1) is 6.54 Å². The van der Waals surface area contributed by atoms with Crippen LogP contribution in [0.4, 0.5) is 0 Å². The Balaban J connectivity index is 0. The van der Waals surface area contributed by atoms with E-state index in [9.17, 15) is 4.79 Å². The average molecular weight is 303 g/mol. The molecule has 0 aliphatic heterocycles. The monoisotopic (exact) mass is 303 g/mol. The van der Waals surface area contributed by atoms with Crippen LogP contribution in [0.1, 0.15) is 78.1 Å². The molecule has 0 aromatic carbocycles. The van der Waals surface area contributed by atoms with Crippen LogP contribution in [0.25, 0.3) is 0 Å². The Morgan fingerprint density at radius 2 is 1.19 bits per heavy atom. The summed E-state index contributed by atoms with van der Waals surface area (Å²) in [6.45, 7) is 4.26. The lowest BCUT2D eigenvalue weighted by atomic mass is 10.1. The molecule has 0 radical (unpaired) electrons. The van der Waals surface area contributed by atoms with E-state index in [0.717, 1.165) is 19.9 Å². The van der Waals surface area contributed by atoms with Crippen LogP contribution in [-0.4, -0.2) is 35.2 Å². The molecule has 0 aromatic heterocycles. The summed E-state index contributed by atoms with van der Waals surface area (Å²) in [6.07, 6.45) is 13.2. The van der Waals surface area contributed by atoms with Crippen LogP contribution in [0.3, 0.4) is 0 Å². The zero-order valence-electron chi connectivity index (χ0n) is 13.7. The third-order valence-corrected chi connectivity index (χ3v) is 2.98. The molecule has 3 N–H and O–H groups in total. The van der Waals surface area contributed by atoms with Gasteiger partial charge in [-0.05, 0) is 13.0 Å². The molecule has 0 saturated carbocycles. The van der Waals surface area contributed by atoms with E-state index in [4.69, 9.17) is 15.0 Å². The first-order valence-corrected chi connectivity index (χ1v) is 8.12. The molecule has 0 rings (SSSR count). The highest BCUT2D eigenvalue weighted by atomic mass is 16.4. The number of carbonyl (C=O) groups is 2. The van der Waals surface area contributed by atoms with Gasteiger partial charge in [-0.15, -0.1) is 0 Å². The number of hydrogen-bond acceptors (Lipinski definition) is 3. The topological polar surface area (TPSA) is 86.6 Å². The number of nitrogens with one attached hydrogen (secondary N) is 1. The van der Waals surface area contributed by atoms with Crippen molar-refractivity contribution < 1.29 is 19.8 Å². The minimum atomic E-state index is -0.833. The maximum Gasteiger partial charge on any atom is 0.317 e. The lowest BCUT2D eigenvalue weighted by molar-refractivity contribution is -0.136. The summed E-state index contributed by atoms with van der Waals surface area (Å²) in [5.74, 6) is -1.60. The van der Waals surface area contributed by atoms with Crippen LogP contribution in [0.15, 0.2) is 0 Å². The average Bonchev–Trinajstić information content (AvgIpc) is 2.39. The number of aliphatic carboxylic acids is 2. The summed E-state index contributed by atoms with van der Waals surface area (Å²) in [6, 6.07) is 0. The summed E-state index contributed by atoms with van der Waals surface area (Å²) in [5, 5.41) is 18.7. The quantitative estimate of drug-likeness (QED) is 0.452. The van der Waals surface area contributed by atoms with E-state index in [2.05, 4.69) is 12.2 Å². The highest BCUT2D eigenvalue weighted by Crippen LogP contribution is 2.10. The van der Waals surface area contributed by atoms with Gasteiger partial charge in [-0.3, -0.25) is 9.59 Å². The molecule has 0 unspecified atom stereocenters. The smallest absolute Gasteiger partial charge is 0.317 e. The molecule has 0 aromatic rings. The van der Waals surface area contributed by atoms with Gasteiger partial charge in [-0.25, -0.2) is 0 Å². The van der Waals surface area contributed by atoms with Crippen molar-refractivity contribution in [3.8, 4) is 0 Å². The predicted octanol–water partition coefficient (Wildman–Crippen LogP) is 3.67. The second-order valence-corrected chi connectivity index (χ2v) is 5.27. The Morgan fingerprint density at radius 3 is 1.57 bits per heavy atom. The van der Waals surface area contributed by atoms with E-state index in [-0.39, 0.29) is 6.54 Å². The Morgan fingerprint density at radius 1 is 0.810 bits per heavy atom. The SMILES string of the molecule is CC(=O)O.CCCCCCCCCCCCNCC(=O)O. The largest absolute Gasteiger partial charge is 0.481 e. The van der Waals surface area contributed by atoms with Gasteiger partial charge in [0.1, 0.15) is 0 Å². The van der Waals surface area contributed by atoms with Gasteiger partial charge in [-0.1, -0.05) is 64.7 Å². The second kappa shape index (κ2) is 18.9. The number of carboxylic acid groups (broad SMARTS) is 2. The predicted molar refractivity (Wildman–Crippen MR) is 85.7 cm³/mol. The summed E-state index contributed by atoms with van der Waals surface area (Å²) in [4.78, 5) is 19.2. The Labute approximate surface area is 129 Å². The first-order valence-electron chi connectivity index (χ1n) is 8.12. The van der Waals surface area contributed by atoms with Crippen molar-refractivity contribution in [3.63, 3.8) is 0 Å². The fourth-order valence-corrected chi connectivity index (χ4v) is 1.93. The van der Waals surface area contributed by atoms with Crippen molar-refractivity contribution >= 4 is 11.9 Å². The molecule has 0 heterocycles. The van der Waals surface area contributed by atoms with Crippen molar-refractivity contribution in [3.05, 3.63) is 0 Å². The first-order chi connectivity index (χ1) is 10.0. The summed E-state index contributed by atoms with van der Waals surface area (Å²) >= 11 is 0. The second-order valence-electron chi connectivity index (χ2n) is 5.27. The Bertz CT molecular complexity index is 240. The van der Waals surface area contributed by atoms with E-state index in [0.29, 0.717) is 0 Å². The number of rotatable bonds is 13. The minimum Gasteiger partial charge on any atom is -0.481 e. The van der Waals surface area contributed by atoms with Crippen LogP contribution in [0.2, 0.25) is 0 Å². The van der Waals surface area contributed by atoms with Gasteiger partial charge in [0, 0.05) is 6.92 Å². The van der Waals surface area contributed by atoms with Crippen molar-refractivity contribution in [1.82, 2.24) is 5.32 Å². The van der Waals surface area contributed by atoms with Gasteiger partial charge in [0.25, 0.3) is 5.97 Å². The molecular formula is C16H33NO4. The summed E-state index contributed by atoms with van der Waals surface area (Å²) < 4.78 is 0. The fraction of sp³-hybridized carbons (Fsp3) is 0.875. The van der Waals surface area contributed by atoms with Gasteiger partial charge < -0.3 is 15.5 Å². The molecule has 0 saturated heterocycles. The number of carboxylic acids is 2. The van der Waals surface area contributed by atoms with Crippen LogP contribution in [-0.2, 0) is 9.59 Å². The molecule has 5 nitrogen and oxygen atoms in total. The zero-order chi connectivity index (χ0) is 16.3. The highest BCUT2D eigenvalue weighted by Gasteiger charge is 1.95. The van der Waals surface area contributed by atoms with Crippen molar-refractivity contribution in [2.75, 3.05) is 13.1 Å². The number of hydrogen-bond donors (Lipinski definition) is 3. The molecule has 0 aliphatic rings. The Kier molecular flexibility index (Phi) is 20.0. The fourth-order valence-electron chi connectivity index (χ4n) is 1.93. The molecule has 0 atom stereocenters. The number of unbranched alkanes of at least 4 members (excludes halogenated alkanes) is 9. The van der Waals surface area contributed by atoms with E-state index >= 15 is 0 Å². The summed E-state index contributed by atoms with van der Waals surface area (Å²) in [5.41, 5.74) is 0. The molecule has 0 spiro atoms. The molecule has 0 amide bonds. The van der Waals surface area contributed by atoms with Gasteiger partial charge in [0.15, 0.2) is 0 Å². The molecule has 126 valence electrons. The highest BCUT2D eigenvalue weighted by molar-refractivity contribution is 5.68. The third kappa shape index (κ3) is 32.4. The standard InChI is InChI=1S/C14H29NO2.C2H4O2/c1-2-3-4-5-6-7-8-9-10-11-12-15-13-14(16)17;1-2(3)4/h15H,2-13H2,1H3,(H,16,17);1H3,(H,3,4). The van der Waals surface area contributed by atoms with Crippen molar-refractivity contribution in [2.24, 2.45) is 0 Å². The van der Waals surface area contributed by atoms with Crippen molar-refractivity contribution in [1.29, 1.82) is 0 Å². The lowest BCUT2D eigenvalue weighted by Crippen LogP contribution is -2.23. The van der Waals surface area contributed by atoms with Crippen LogP contribution < -0.4 is 5.32 Å². The van der Waals surface area contributed by atoms with Crippen molar-refractivity contribution in [2.45, 2.75) is 78.1 Å². The maximum atomic E-state index is 10.2.